The molecule has 1 aliphatic rings. The first kappa shape index (κ1) is 15.3. The van der Waals surface area contributed by atoms with E-state index in [2.05, 4.69) is 19.2 Å². The molecule has 102 valence electrons. The lowest BCUT2D eigenvalue weighted by Gasteiger charge is -2.26. The van der Waals surface area contributed by atoms with Crippen LogP contribution in [0.3, 0.4) is 0 Å². The molecule has 0 radical (unpaired) electrons. The molecule has 0 aromatic carbocycles. The summed E-state index contributed by atoms with van der Waals surface area (Å²) in [5.41, 5.74) is -0.0561. The molecule has 0 spiro atoms. The van der Waals surface area contributed by atoms with Gasteiger partial charge in [0, 0.05) is 18.3 Å². The molecule has 2 nitrogen and oxygen atoms in total. The molecule has 1 saturated carbocycles. The third kappa shape index (κ3) is 6.12. The second-order valence-electron chi connectivity index (χ2n) is 6.60. The van der Waals surface area contributed by atoms with Gasteiger partial charge in [0.2, 0.25) is 0 Å². The zero-order valence-corrected chi connectivity index (χ0v) is 12.7. The van der Waals surface area contributed by atoms with E-state index in [4.69, 9.17) is 0 Å². The Bertz CT molecular complexity index is 228. The largest absolute Gasteiger partial charge is 0.388 e. The fraction of sp³-hybridized carbons (Fsp3) is 1.00. The second kappa shape index (κ2) is 6.44. The molecular formula is C14H29NOS. The standard InChI is InChI=1S/C14H29NOS/c1-13(2)8-5-6-12(7-9-13)15-10-14(3,16)11-17-4/h12,15-16H,5-11H2,1-4H3. The smallest absolute Gasteiger partial charge is 0.0833 e. The summed E-state index contributed by atoms with van der Waals surface area (Å²) in [6.45, 7) is 7.40. The maximum atomic E-state index is 10.1. The van der Waals surface area contributed by atoms with E-state index in [0.29, 0.717) is 11.5 Å². The van der Waals surface area contributed by atoms with Gasteiger partial charge in [-0.25, -0.2) is 0 Å². The molecule has 2 unspecified atom stereocenters. The minimum absolute atomic E-state index is 0.512. The van der Waals surface area contributed by atoms with Crippen LogP contribution in [0.4, 0.5) is 0 Å². The molecule has 1 aliphatic carbocycles. The van der Waals surface area contributed by atoms with Gasteiger partial charge in [-0.2, -0.15) is 11.8 Å². The molecule has 0 aliphatic heterocycles. The first-order valence-corrected chi connectivity index (χ1v) is 8.19. The molecule has 0 heterocycles. The highest BCUT2D eigenvalue weighted by atomic mass is 32.2. The lowest BCUT2D eigenvalue weighted by atomic mass is 9.85. The highest BCUT2D eigenvalue weighted by molar-refractivity contribution is 7.98. The monoisotopic (exact) mass is 259 g/mol. The SMILES string of the molecule is CSCC(C)(O)CNC1CCCC(C)(C)CC1. The van der Waals surface area contributed by atoms with Crippen LogP contribution in [0.25, 0.3) is 0 Å². The van der Waals surface area contributed by atoms with Crippen molar-refractivity contribution in [1.82, 2.24) is 5.32 Å². The number of aliphatic hydroxyl groups is 1. The predicted molar refractivity (Wildman–Crippen MR) is 77.7 cm³/mol. The summed E-state index contributed by atoms with van der Waals surface area (Å²) in [4.78, 5) is 0. The third-order valence-corrected chi connectivity index (χ3v) is 4.71. The van der Waals surface area contributed by atoms with Crippen molar-refractivity contribution in [2.24, 2.45) is 5.41 Å². The fourth-order valence-electron chi connectivity index (χ4n) is 2.59. The number of hydrogen-bond acceptors (Lipinski definition) is 3. The average molecular weight is 259 g/mol. The van der Waals surface area contributed by atoms with Crippen molar-refractivity contribution >= 4 is 11.8 Å². The Morgan fingerprint density at radius 2 is 2.06 bits per heavy atom. The molecule has 2 atom stereocenters. The summed E-state index contributed by atoms with van der Waals surface area (Å²) in [5, 5.41) is 13.7. The number of rotatable bonds is 5. The van der Waals surface area contributed by atoms with Crippen molar-refractivity contribution in [2.45, 2.75) is 64.5 Å². The van der Waals surface area contributed by atoms with E-state index < -0.39 is 5.60 Å². The Kier molecular flexibility index (Phi) is 5.81. The molecule has 0 bridgehead atoms. The van der Waals surface area contributed by atoms with Crippen LogP contribution in [-0.4, -0.2) is 35.3 Å². The van der Waals surface area contributed by atoms with Gasteiger partial charge in [-0.3, -0.25) is 0 Å². The van der Waals surface area contributed by atoms with E-state index in [1.807, 2.05) is 13.2 Å². The van der Waals surface area contributed by atoms with Gasteiger partial charge >= 0.3 is 0 Å². The van der Waals surface area contributed by atoms with Gasteiger partial charge in [0.25, 0.3) is 0 Å². The van der Waals surface area contributed by atoms with Crippen LogP contribution in [0.1, 0.15) is 52.9 Å². The Labute approximate surface area is 111 Å². The summed E-state index contributed by atoms with van der Waals surface area (Å²) >= 11 is 1.71. The number of thioether (sulfide) groups is 1. The van der Waals surface area contributed by atoms with Crippen molar-refractivity contribution in [2.75, 3.05) is 18.6 Å². The highest BCUT2D eigenvalue weighted by Gasteiger charge is 2.26. The predicted octanol–water partition coefficient (Wildman–Crippen LogP) is 3.05. The molecule has 1 fully saturated rings. The normalized spacial score (nSPS) is 28.4. The lowest BCUT2D eigenvalue weighted by Crippen LogP contribution is -2.44. The summed E-state index contributed by atoms with van der Waals surface area (Å²) in [6, 6.07) is 0.602. The maximum Gasteiger partial charge on any atom is 0.0833 e. The zero-order valence-electron chi connectivity index (χ0n) is 11.9. The Balaban J connectivity index is 2.32. The molecule has 0 aromatic rings. The van der Waals surface area contributed by atoms with E-state index >= 15 is 0 Å². The molecule has 2 N–H and O–H groups in total. The van der Waals surface area contributed by atoms with E-state index in [9.17, 15) is 5.11 Å². The molecule has 3 heteroatoms. The maximum absolute atomic E-state index is 10.1. The minimum Gasteiger partial charge on any atom is -0.388 e. The van der Waals surface area contributed by atoms with Gasteiger partial charge in [0.1, 0.15) is 0 Å². The van der Waals surface area contributed by atoms with Crippen LogP contribution in [-0.2, 0) is 0 Å². The average Bonchev–Trinajstić information content (AvgIpc) is 2.37. The van der Waals surface area contributed by atoms with Crippen molar-refractivity contribution in [3.8, 4) is 0 Å². The van der Waals surface area contributed by atoms with E-state index in [1.54, 1.807) is 11.8 Å². The van der Waals surface area contributed by atoms with Gasteiger partial charge < -0.3 is 10.4 Å². The van der Waals surface area contributed by atoms with Crippen molar-refractivity contribution in [3.63, 3.8) is 0 Å². The minimum atomic E-state index is -0.568. The Morgan fingerprint density at radius 1 is 1.35 bits per heavy atom. The summed E-state index contributed by atoms with van der Waals surface area (Å²) < 4.78 is 0. The first-order chi connectivity index (χ1) is 7.85. The van der Waals surface area contributed by atoms with Crippen LogP contribution in [0, 0.1) is 5.41 Å². The van der Waals surface area contributed by atoms with Crippen molar-refractivity contribution in [3.05, 3.63) is 0 Å². The zero-order chi connectivity index (χ0) is 12.9. The van der Waals surface area contributed by atoms with Crippen molar-refractivity contribution in [1.29, 1.82) is 0 Å². The fourth-order valence-corrected chi connectivity index (χ4v) is 3.32. The Morgan fingerprint density at radius 3 is 2.71 bits per heavy atom. The molecule has 0 saturated heterocycles. The highest BCUT2D eigenvalue weighted by Crippen LogP contribution is 2.33. The van der Waals surface area contributed by atoms with Crippen LogP contribution in [0.5, 0.6) is 0 Å². The molecule has 17 heavy (non-hydrogen) atoms. The quantitative estimate of drug-likeness (QED) is 0.744. The first-order valence-electron chi connectivity index (χ1n) is 6.79. The summed E-state index contributed by atoms with van der Waals surface area (Å²) in [6.07, 6.45) is 8.51. The van der Waals surface area contributed by atoms with Crippen molar-refractivity contribution < 1.29 is 5.11 Å². The molecule has 0 aromatic heterocycles. The molecule has 0 amide bonds. The van der Waals surface area contributed by atoms with Gasteiger partial charge in [-0.05, 0) is 44.3 Å². The van der Waals surface area contributed by atoms with Crippen LogP contribution in [0.2, 0.25) is 0 Å². The van der Waals surface area contributed by atoms with Crippen LogP contribution >= 0.6 is 11.8 Å². The summed E-state index contributed by atoms with van der Waals surface area (Å²) in [7, 11) is 0. The van der Waals surface area contributed by atoms with E-state index in [0.717, 1.165) is 12.3 Å². The third-order valence-electron chi connectivity index (χ3n) is 3.80. The van der Waals surface area contributed by atoms with Gasteiger partial charge in [-0.1, -0.05) is 20.3 Å². The Hall–Kier alpha value is 0.270. The topological polar surface area (TPSA) is 32.3 Å². The lowest BCUT2D eigenvalue weighted by molar-refractivity contribution is 0.0805. The van der Waals surface area contributed by atoms with E-state index in [1.165, 1.54) is 32.1 Å². The number of nitrogens with one attached hydrogen (secondary N) is 1. The molecule has 1 rings (SSSR count). The molecular weight excluding hydrogens is 230 g/mol. The summed E-state index contributed by atoms with van der Waals surface area (Å²) in [5.74, 6) is 0.804. The second-order valence-corrected chi connectivity index (χ2v) is 7.47. The van der Waals surface area contributed by atoms with Gasteiger partial charge in [0.15, 0.2) is 0 Å². The number of hydrogen-bond donors (Lipinski definition) is 2. The van der Waals surface area contributed by atoms with Crippen LogP contribution in [0.15, 0.2) is 0 Å². The van der Waals surface area contributed by atoms with Crippen LogP contribution < -0.4 is 5.32 Å². The van der Waals surface area contributed by atoms with Gasteiger partial charge in [0.05, 0.1) is 5.60 Å². The van der Waals surface area contributed by atoms with Gasteiger partial charge in [-0.15, -0.1) is 0 Å². The van der Waals surface area contributed by atoms with E-state index in [-0.39, 0.29) is 0 Å².